The van der Waals surface area contributed by atoms with E-state index < -0.39 is 0 Å². The van der Waals surface area contributed by atoms with E-state index in [1.807, 2.05) is 27.7 Å². The highest BCUT2D eigenvalue weighted by atomic mass is 15.3. The molecule has 0 bridgehead atoms. The molecular weight excluding hydrogens is 304 g/mol. The molecule has 0 saturated heterocycles. The van der Waals surface area contributed by atoms with Crippen LogP contribution in [0.25, 0.3) is 28.2 Å². The predicted molar refractivity (Wildman–Crippen MR) is 89.1 cm³/mol. The molecule has 0 spiro atoms. The largest absolute Gasteiger partial charge is 0.382 e. The Bertz CT molecular complexity index is 1020. The number of hydrogen-bond acceptors (Lipinski definition) is 5. The Morgan fingerprint density at radius 1 is 1.21 bits per heavy atom. The molecule has 24 heavy (non-hydrogen) atoms. The fourth-order valence-corrected chi connectivity index (χ4v) is 3.05. The minimum Gasteiger partial charge on any atom is -0.382 e. The second kappa shape index (κ2) is 4.92. The lowest BCUT2D eigenvalue weighted by Gasteiger charge is -2.25. The number of hydrogen-bond donors (Lipinski definition) is 2. The summed E-state index contributed by atoms with van der Waals surface area (Å²) in [5, 5.41) is 15.7. The first kappa shape index (κ1) is 13.3. The lowest BCUT2D eigenvalue weighted by atomic mass is 9.93. The molecule has 1 aliphatic rings. The van der Waals surface area contributed by atoms with Crippen LogP contribution in [0.4, 0.5) is 5.82 Å². The number of nitrogens with two attached hydrogens (primary N) is 1. The van der Waals surface area contributed by atoms with E-state index in [1.54, 1.807) is 12.3 Å². The number of anilines is 1. The van der Waals surface area contributed by atoms with Gasteiger partial charge in [-0.25, -0.2) is 9.50 Å². The molecule has 1 aliphatic carbocycles. The molecule has 4 heterocycles. The Morgan fingerprint density at radius 3 is 2.88 bits per heavy atom. The summed E-state index contributed by atoms with van der Waals surface area (Å²) in [5.74, 6) is 0.437. The topological polar surface area (TPSA) is 103 Å². The van der Waals surface area contributed by atoms with Gasteiger partial charge in [-0.1, -0.05) is 0 Å². The predicted octanol–water partition coefficient (Wildman–Crippen LogP) is 2.29. The summed E-state index contributed by atoms with van der Waals surface area (Å²) in [5.41, 5.74) is 9.99. The molecule has 4 aromatic heterocycles. The van der Waals surface area contributed by atoms with Crippen LogP contribution >= 0.6 is 0 Å². The van der Waals surface area contributed by atoms with E-state index in [0.29, 0.717) is 11.9 Å². The van der Waals surface area contributed by atoms with Crippen LogP contribution in [-0.4, -0.2) is 34.6 Å². The number of fused-ring (bicyclic) bond motifs is 1. The molecule has 5 rings (SSSR count). The van der Waals surface area contributed by atoms with Crippen LogP contribution in [0.1, 0.15) is 25.3 Å². The summed E-state index contributed by atoms with van der Waals surface area (Å²) >= 11 is 0. The van der Waals surface area contributed by atoms with Crippen LogP contribution in [0.3, 0.4) is 0 Å². The van der Waals surface area contributed by atoms with Gasteiger partial charge in [-0.2, -0.15) is 15.3 Å². The molecule has 0 aromatic carbocycles. The SMILES string of the molecule is Nc1cc(-c2cn3nccc3c(-c3cnn(C4CCC4)c3)n2)[nH]n1. The standard InChI is InChI=1S/C16H16N8/c17-15-6-12(21-22-15)13-9-24-14(4-5-18-24)16(20-13)10-7-19-23(8-10)11-2-1-3-11/h4-9,11H,1-3H2,(H3,17,21,22). The van der Waals surface area contributed by atoms with E-state index in [2.05, 4.69) is 26.6 Å². The maximum atomic E-state index is 5.71. The Hall–Kier alpha value is -3.16. The zero-order valence-electron chi connectivity index (χ0n) is 12.9. The van der Waals surface area contributed by atoms with Crippen LogP contribution in [0.15, 0.2) is 36.9 Å². The van der Waals surface area contributed by atoms with Gasteiger partial charge in [-0.05, 0) is 25.3 Å². The number of aromatic amines is 1. The van der Waals surface area contributed by atoms with Crippen molar-refractivity contribution in [2.45, 2.75) is 25.3 Å². The minimum atomic E-state index is 0.437. The van der Waals surface area contributed by atoms with Gasteiger partial charge in [0.2, 0.25) is 0 Å². The van der Waals surface area contributed by atoms with Crippen LogP contribution in [0.2, 0.25) is 0 Å². The number of rotatable bonds is 3. The van der Waals surface area contributed by atoms with Gasteiger partial charge in [0.1, 0.15) is 11.5 Å². The Kier molecular flexibility index (Phi) is 2.72. The molecule has 0 unspecified atom stereocenters. The Balaban J connectivity index is 1.66. The van der Waals surface area contributed by atoms with Crippen molar-refractivity contribution < 1.29 is 0 Å². The molecule has 8 nitrogen and oxygen atoms in total. The maximum Gasteiger partial charge on any atom is 0.145 e. The smallest absolute Gasteiger partial charge is 0.145 e. The summed E-state index contributed by atoms with van der Waals surface area (Å²) in [4.78, 5) is 4.80. The van der Waals surface area contributed by atoms with Crippen LogP contribution in [0, 0.1) is 0 Å². The lowest BCUT2D eigenvalue weighted by Crippen LogP contribution is -2.16. The number of H-pyrrole nitrogens is 1. The number of nitrogen functional groups attached to an aromatic ring is 1. The summed E-state index contributed by atoms with van der Waals surface area (Å²) in [7, 11) is 0. The van der Waals surface area contributed by atoms with Gasteiger partial charge in [0.15, 0.2) is 0 Å². The van der Waals surface area contributed by atoms with E-state index >= 15 is 0 Å². The van der Waals surface area contributed by atoms with E-state index in [1.165, 1.54) is 19.3 Å². The third kappa shape index (κ3) is 1.99. The molecule has 1 saturated carbocycles. The molecule has 0 atom stereocenters. The highest BCUT2D eigenvalue weighted by Crippen LogP contribution is 2.33. The number of nitrogens with zero attached hydrogens (tertiary/aromatic N) is 6. The van der Waals surface area contributed by atoms with Crippen molar-refractivity contribution in [3.8, 4) is 22.6 Å². The molecule has 0 aliphatic heterocycles. The monoisotopic (exact) mass is 320 g/mol. The molecule has 4 aromatic rings. The summed E-state index contributed by atoms with van der Waals surface area (Å²) in [6.07, 6.45) is 11.3. The molecule has 120 valence electrons. The second-order valence-corrected chi connectivity index (χ2v) is 6.14. The van der Waals surface area contributed by atoms with E-state index in [0.717, 1.165) is 28.2 Å². The average molecular weight is 320 g/mol. The fraction of sp³-hybridized carbons (Fsp3) is 0.250. The Labute approximate surface area is 137 Å². The van der Waals surface area contributed by atoms with Gasteiger partial charge in [0.05, 0.1) is 41.5 Å². The zero-order valence-corrected chi connectivity index (χ0v) is 12.9. The Morgan fingerprint density at radius 2 is 2.12 bits per heavy atom. The summed E-state index contributed by atoms with van der Waals surface area (Å²) in [6.45, 7) is 0. The third-order valence-electron chi connectivity index (χ3n) is 4.59. The first-order chi connectivity index (χ1) is 11.8. The van der Waals surface area contributed by atoms with Crippen LogP contribution in [-0.2, 0) is 0 Å². The normalized spacial score (nSPS) is 15.0. The van der Waals surface area contributed by atoms with Crippen LogP contribution in [0.5, 0.6) is 0 Å². The van der Waals surface area contributed by atoms with Crippen molar-refractivity contribution in [3.05, 3.63) is 36.9 Å². The van der Waals surface area contributed by atoms with Crippen molar-refractivity contribution in [2.75, 3.05) is 5.73 Å². The average Bonchev–Trinajstić information content (AvgIpc) is 3.24. The van der Waals surface area contributed by atoms with E-state index in [9.17, 15) is 0 Å². The van der Waals surface area contributed by atoms with Gasteiger partial charge in [0, 0.05) is 17.8 Å². The highest BCUT2D eigenvalue weighted by molar-refractivity contribution is 5.78. The van der Waals surface area contributed by atoms with Gasteiger partial charge < -0.3 is 5.73 Å². The molecule has 8 heteroatoms. The lowest BCUT2D eigenvalue weighted by molar-refractivity contribution is 0.289. The van der Waals surface area contributed by atoms with Crippen molar-refractivity contribution >= 4 is 11.3 Å². The first-order valence-corrected chi connectivity index (χ1v) is 7.98. The highest BCUT2D eigenvalue weighted by Gasteiger charge is 2.21. The zero-order chi connectivity index (χ0) is 16.1. The third-order valence-corrected chi connectivity index (χ3v) is 4.59. The molecule has 3 N–H and O–H groups in total. The first-order valence-electron chi connectivity index (χ1n) is 7.98. The van der Waals surface area contributed by atoms with Crippen molar-refractivity contribution in [1.29, 1.82) is 0 Å². The number of aromatic nitrogens is 7. The molecular formula is C16H16N8. The molecule has 1 fully saturated rings. The van der Waals surface area contributed by atoms with Crippen molar-refractivity contribution in [1.82, 2.24) is 34.6 Å². The van der Waals surface area contributed by atoms with Gasteiger partial charge in [0.25, 0.3) is 0 Å². The second-order valence-electron chi connectivity index (χ2n) is 6.14. The number of nitrogens with one attached hydrogen (secondary N) is 1. The van der Waals surface area contributed by atoms with Gasteiger partial charge >= 0.3 is 0 Å². The molecule has 0 radical (unpaired) electrons. The summed E-state index contributed by atoms with van der Waals surface area (Å²) < 4.78 is 3.86. The maximum absolute atomic E-state index is 5.71. The minimum absolute atomic E-state index is 0.437. The fourth-order valence-electron chi connectivity index (χ4n) is 3.05. The van der Waals surface area contributed by atoms with Crippen LogP contribution < -0.4 is 5.73 Å². The van der Waals surface area contributed by atoms with E-state index in [-0.39, 0.29) is 0 Å². The van der Waals surface area contributed by atoms with Crippen molar-refractivity contribution in [2.24, 2.45) is 0 Å². The van der Waals surface area contributed by atoms with Crippen molar-refractivity contribution in [3.63, 3.8) is 0 Å². The quantitative estimate of drug-likeness (QED) is 0.603. The van der Waals surface area contributed by atoms with Gasteiger partial charge in [-0.3, -0.25) is 9.78 Å². The van der Waals surface area contributed by atoms with Gasteiger partial charge in [-0.15, -0.1) is 0 Å². The van der Waals surface area contributed by atoms with E-state index in [4.69, 9.17) is 10.7 Å². The molecule has 0 amide bonds. The summed E-state index contributed by atoms with van der Waals surface area (Å²) in [6, 6.07) is 4.24.